The van der Waals surface area contributed by atoms with Crippen molar-refractivity contribution in [1.29, 1.82) is 0 Å². The highest BCUT2D eigenvalue weighted by molar-refractivity contribution is 7.12. The number of thiophene rings is 1. The summed E-state index contributed by atoms with van der Waals surface area (Å²) in [6.45, 7) is 8.02. The van der Waals surface area contributed by atoms with Crippen LogP contribution in [0.1, 0.15) is 28.7 Å². The Labute approximate surface area is 101 Å². The first-order valence-corrected chi connectivity index (χ1v) is 6.37. The molecule has 1 aromatic heterocycles. The van der Waals surface area contributed by atoms with Gasteiger partial charge in [-0.25, -0.2) is 0 Å². The second-order valence-electron chi connectivity index (χ2n) is 3.67. The molecular weight excluding hydrogens is 222 g/mol. The maximum Gasteiger partial charge on any atom is 0.307 e. The number of hydrogen-bond acceptors (Lipinski definition) is 4. The highest BCUT2D eigenvalue weighted by Gasteiger charge is 2.03. The Morgan fingerprint density at radius 2 is 2.25 bits per heavy atom. The van der Waals surface area contributed by atoms with Crippen molar-refractivity contribution in [3.05, 3.63) is 21.4 Å². The number of rotatable bonds is 6. The van der Waals surface area contributed by atoms with Gasteiger partial charge in [0, 0.05) is 22.8 Å². The minimum Gasteiger partial charge on any atom is -0.466 e. The standard InChI is InChI=1S/C12H19NO2S/c1-4-15-12(14)5-6-13-8-11-7-9(2)16-10(11)3/h7,13H,4-6,8H2,1-3H3. The molecule has 3 nitrogen and oxygen atoms in total. The van der Waals surface area contributed by atoms with E-state index < -0.39 is 0 Å². The summed E-state index contributed by atoms with van der Waals surface area (Å²) < 4.78 is 4.85. The fourth-order valence-corrected chi connectivity index (χ4v) is 2.45. The van der Waals surface area contributed by atoms with Crippen molar-refractivity contribution in [3.8, 4) is 0 Å². The first kappa shape index (κ1) is 13.2. The molecule has 0 saturated carbocycles. The van der Waals surface area contributed by atoms with Crippen molar-refractivity contribution in [2.75, 3.05) is 13.2 Å². The molecule has 0 aromatic carbocycles. The zero-order valence-corrected chi connectivity index (χ0v) is 10.9. The van der Waals surface area contributed by atoms with Crippen LogP contribution in [0.5, 0.6) is 0 Å². The summed E-state index contributed by atoms with van der Waals surface area (Å²) in [6, 6.07) is 2.19. The molecule has 1 rings (SSSR count). The van der Waals surface area contributed by atoms with Crippen molar-refractivity contribution < 1.29 is 9.53 Å². The third-order valence-electron chi connectivity index (χ3n) is 2.27. The summed E-state index contributed by atoms with van der Waals surface area (Å²) in [5.41, 5.74) is 1.33. The van der Waals surface area contributed by atoms with Gasteiger partial charge in [-0.05, 0) is 32.4 Å². The molecule has 0 aliphatic heterocycles. The summed E-state index contributed by atoms with van der Waals surface area (Å²) in [4.78, 5) is 13.7. The first-order valence-electron chi connectivity index (χ1n) is 5.55. The molecule has 4 heteroatoms. The lowest BCUT2D eigenvalue weighted by Crippen LogP contribution is -2.19. The second-order valence-corrected chi connectivity index (χ2v) is 5.13. The largest absolute Gasteiger partial charge is 0.466 e. The minimum absolute atomic E-state index is 0.131. The van der Waals surface area contributed by atoms with Crippen molar-refractivity contribution in [2.24, 2.45) is 0 Å². The zero-order valence-electron chi connectivity index (χ0n) is 10.1. The van der Waals surface area contributed by atoms with Crippen LogP contribution in [0.2, 0.25) is 0 Å². The van der Waals surface area contributed by atoms with Crippen LogP contribution in [0, 0.1) is 13.8 Å². The molecule has 16 heavy (non-hydrogen) atoms. The molecule has 0 unspecified atom stereocenters. The quantitative estimate of drug-likeness (QED) is 0.614. The Bertz CT molecular complexity index is 347. The van der Waals surface area contributed by atoms with Crippen LogP contribution in [0.15, 0.2) is 6.07 Å². The molecule has 0 bridgehead atoms. The highest BCUT2D eigenvalue weighted by atomic mass is 32.1. The second kappa shape index (κ2) is 6.66. The third kappa shape index (κ3) is 4.33. The Kier molecular flexibility index (Phi) is 5.49. The van der Waals surface area contributed by atoms with Crippen molar-refractivity contribution in [3.63, 3.8) is 0 Å². The third-order valence-corrected chi connectivity index (χ3v) is 3.28. The van der Waals surface area contributed by atoms with Gasteiger partial charge in [0.25, 0.3) is 0 Å². The van der Waals surface area contributed by atoms with E-state index in [4.69, 9.17) is 4.74 Å². The lowest BCUT2D eigenvalue weighted by molar-refractivity contribution is -0.142. The van der Waals surface area contributed by atoms with Crippen molar-refractivity contribution in [1.82, 2.24) is 5.32 Å². The lowest BCUT2D eigenvalue weighted by atomic mass is 10.2. The molecule has 90 valence electrons. The van der Waals surface area contributed by atoms with Crippen LogP contribution in [-0.2, 0) is 16.1 Å². The molecule has 0 radical (unpaired) electrons. The minimum atomic E-state index is -0.131. The van der Waals surface area contributed by atoms with E-state index in [2.05, 4.69) is 25.2 Å². The Morgan fingerprint density at radius 1 is 1.50 bits per heavy atom. The maximum absolute atomic E-state index is 11.1. The zero-order chi connectivity index (χ0) is 12.0. The highest BCUT2D eigenvalue weighted by Crippen LogP contribution is 2.20. The van der Waals surface area contributed by atoms with Crippen LogP contribution in [0.25, 0.3) is 0 Å². The predicted molar refractivity (Wildman–Crippen MR) is 66.7 cm³/mol. The van der Waals surface area contributed by atoms with E-state index in [9.17, 15) is 4.79 Å². The van der Waals surface area contributed by atoms with Gasteiger partial charge in [-0.3, -0.25) is 4.79 Å². The van der Waals surface area contributed by atoms with E-state index in [1.165, 1.54) is 15.3 Å². The van der Waals surface area contributed by atoms with Gasteiger partial charge in [0.05, 0.1) is 13.0 Å². The maximum atomic E-state index is 11.1. The number of hydrogen-bond donors (Lipinski definition) is 1. The number of aryl methyl sites for hydroxylation is 2. The van der Waals surface area contributed by atoms with Gasteiger partial charge in [0.2, 0.25) is 0 Å². The number of nitrogens with one attached hydrogen (secondary N) is 1. The van der Waals surface area contributed by atoms with Gasteiger partial charge in [-0.15, -0.1) is 11.3 Å². The summed E-state index contributed by atoms with van der Waals surface area (Å²) in [7, 11) is 0. The summed E-state index contributed by atoms with van der Waals surface area (Å²) in [5, 5.41) is 3.25. The monoisotopic (exact) mass is 241 g/mol. The molecule has 0 aliphatic carbocycles. The topological polar surface area (TPSA) is 38.3 Å². The fourth-order valence-electron chi connectivity index (χ4n) is 1.51. The molecule has 0 spiro atoms. The van der Waals surface area contributed by atoms with Crippen LogP contribution in [0.3, 0.4) is 0 Å². The first-order chi connectivity index (χ1) is 7.63. The van der Waals surface area contributed by atoms with Gasteiger partial charge in [0.15, 0.2) is 0 Å². The van der Waals surface area contributed by atoms with E-state index in [1.54, 1.807) is 0 Å². The van der Waals surface area contributed by atoms with E-state index in [-0.39, 0.29) is 5.97 Å². The number of ether oxygens (including phenoxy) is 1. The molecule has 0 amide bonds. The normalized spacial score (nSPS) is 10.4. The van der Waals surface area contributed by atoms with Gasteiger partial charge in [-0.2, -0.15) is 0 Å². The van der Waals surface area contributed by atoms with E-state index in [1.807, 2.05) is 18.3 Å². The summed E-state index contributed by atoms with van der Waals surface area (Å²) in [5.74, 6) is -0.131. The van der Waals surface area contributed by atoms with Gasteiger partial charge >= 0.3 is 5.97 Å². The van der Waals surface area contributed by atoms with E-state index >= 15 is 0 Å². The molecule has 0 atom stereocenters. The lowest BCUT2D eigenvalue weighted by Gasteiger charge is -2.04. The predicted octanol–water partition coefficient (Wildman–Crippen LogP) is 2.41. The van der Waals surface area contributed by atoms with Crippen LogP contribution in [0.4, 0.5) is 0 Å². The summed E-state index contributed by atoms with van der Waals surface area (Å²) in [6.07, 6.45) is 0.440. The fraction of sp³-hybridized carbons (Fsp3) is 0.583. The molecule has 0 aliphatic rings. The molecule has 0 saturated heterocycles. The summed E-state index contributed by atoms with van der Waals surface area (Å²) >= 11 is 1.81. The molecule has 1 aromatic rings. The molecular formula is C12H19NO2S. The van der Waals surface area contributed by atoms with Gasteiger partial charge in [-0.1, -0.05) is 0 Å². The number of carbonyl (C=O) groups excluding carboxylic acids is 1. The molecule has 1 heterocycles. The smallest absolute Gasteiger partial charge is 0.307 e. The Balaban J connectivity index is 2.21. The average molecular weight is 241 g/mol. The van der Waals surface area contributed by atoms with Crippen LogP contribution < -0.4 is 5.32 Å². The van der Waals surface area contributed by atoms with Crippen LogP contribution >= 0.6 is 11.3 Å². The average Bonchev–Trinajstić information content (AvgIpc) is 2.53. The molecule has 1 N–H and O–H groups in total. The van der Waals surface area contributed by atoms with Gasteiger partial charge in [0.1, 0.15) is 0 Å². The Morgan fingerprint density at radius 3 is 2.81 bits per heavy atom. The van der Waals surface area contributed by atoms with Crippen molar-refractivity contribution >= 4 is 17.3 Å². The number of carbonyl (C=O) groups is 1. The van der Waals surface area contributed by atoms with Gasteiger partial charge < -0.3 is 10.1 Å². The Hall–Kier alpha value is -0.870. The SMILES string of the molecule is CCOC(=O)CCNCc1cc(C)sc1C. The van der Waals surface area contributed by atoms with E-state index in [0.29, 0.717) is 19.6 Å². The molecule has 0 fully saturated rings. The van der Waals surface area contributed by atoms with E-state index in [0.717, 1.165) is 6.54 Å². The number of esters is 1. The van der Waals surface area contributed by atoms with Crippen molar-refractivity contribution in [2.45, 2.75) is 33.7 Å². The van der Waals surface area contributed by atoms with Crippen LogP contribution in [-0.4, -0.2) is 19.1 Å².